The Hall–Kier alpha value is -1.89. The predicted octanol–water partition coefficient (Wildman–Crippen LogP) is -0.690. The van der Waals surface area contributed by atoms with Gasteiger partial charge < -0.3 is 16.1 Å². The number of nitrogens with one attached hydrogen (secondary N) is 3. The minimum atomic E-state index is -0.0197. The number of hydrazine groups is 1. The molecular weight excluding hydrogens is 196 g/mol. The third kappa shape index (κ3) is 3.77. The van der Waals surface area contributed by atoms with Crippen LogP contribution in [0.15, 0.2) is 12.4 Å². The standard InChI is InChI=1S/C8H14N6O/c1-10-8(15)2-3-11-6-4-7(14-9)13-5-12-6/h4-5H,2-3,9H2,1H3,(H,10,15)(H2,11,12,13,14). The quantitative estimate of drug-likeness (QED) is 0.379. The van der Waals surface area contributed by atoms with Crippen molar-refractivity contribution in [3.8, 4) is 0 Å². The average Bonchev–Trinajstić information content (AvgIpc) is 2.29. The number of nitrogens with zero attached hydrogens (tertiary/aromatic N) is 2. The minimum Gasteiger partial charge on any atom is -0.369 e. The Labute approximate surface area is 87.5 Å². The van der Waals surface area contributed by atoms with Crippen molar-refractivity contribution >= 4 is 17.5 Å². The molecule has 0 aliphatic rings. The number of hydrogen-bond donors (Lipinski definition) is 4. The zero-order valence-electron chi connectivity index (χ0n) is 8.45. The van der Waals surface area contributed by atoms with Crippen LogP contribution in [0.1, 0.15) is 6.42 Å². The van der Waals surface area contributed by atoms with Gasteiger partial charge in [0, 0.05) is 26.1 Å². The first-order valence-corrected chi connectivity index (χ1v) is 4.49. The van der Waals surface area contributed by atoms with E-state index in [0.717, 1.165) is 0 Å². The second-order valence-electron chi connectivity index (χ2n) is 2.78. The fourth-order valence-electron chi connectivity index (χ4n) is 0.962. The summed E-state index contributed by atoms with van der Waals surface area (Å²) in [7, 11) is 1.60. The monoisotopic (exact) mass is 210 g/mol. The Morgan fingerprint density at radius 2 is 2.20 bits per heavy atom. The molecule has 5 N–H and O–H groups in total. The van der Waals surface area contributed by atoms with Crippen molar-refractivity contribution in [1.29, 1.82) is 0 Å². The van der Waals surface area contributed by atoms with Crippen LogP contribution >= 0.6 is 0 Å². The topological polar surface area (TPSA) is 105 Å². The van der Waals surface area contributed by atoms with Crippen LogP contribution in [0.4, 0.5) is 11.6 Å². The summed E-state index contributed by atoms with van der Waals surface area (Å²) in [5, 5.41) is 5.51. The van der Waals surface area contributed by atoms with E-state index in [1.54, 1.807) is 13.1 Å². The molecule has 1 amide bonds. The maximum Gasteiger partial charge on any atom is 0.221 e. The molecule has 0 bridgehead atoms. The first-order valence-electron chi connectivity index (χ1n) is 4.49. The van der Waals surface area contributed by atoms with Crippen LogP contribution in [-0.4, -0.2) is 29.5 Å². The molecule has 0 spiro atoms. The number of nitrogens with two attached hydrogens (primary N) is 1. The molecule has 0 saturated carbocycles. The summed E-state index contributed by atoms with van der Waals surface area (Å²) in [6, 6.07) is 1.66. The van der Waals surface area contributed by atoms with Gasteiger partial charge in [-0.15, -0.1) is 0 Å². The number of carbonyl (C=O) groups excluding carboxylic acids is 1. The molecule has 0 atom stereocenters. The molecule has 7 heteroatoms. The van der Waals surface area contributed by atoms with Gasteiger partial charge in [0.05, 0.1) is 0 Å². The highest BCUT2D eigenvalue weighted by molar-refractivity contribution is 5.76. The van der Waals surface area contributed by atoms with Gasteiger partial charge in [0.2, 0.25) is 5.91 Å². The highest BCUT2D eigenvalue weighted by Crippen LogP contribution is 2.06. The Morgan fingerprint density at radius 3 is 2.87 bits per heavy atom. The number of nitrogen functional groups attached to an aromatic ring is 1. The zero-order chi connectivity index (χ0) is 11.1. The SMILES string of the molecule is CNC(=O)CCNc1cc(NN)ncn1. The molecule has 0 fully saturated rings. The van der Waals surface area contributed by atoms with Gasteiger partial charge in [-0.25, -0.2) is 15.8 Å². The third-order valence-corrected chi connectivity index (χ3v) is 1.75. The van der Waals surface area contributed by atoms with E-state index in [1.165, 1.54) is 6.33 Å². The molecule has 0 saturated heterocycles. The van der Waals surface area contributed by atoms with Gasteiger partial charge in [0.1, 0.15) is 18.0 Å². The van der Waals surface area contributed by atoms with Crippen LogP contribution in [0.3, 0.4) is 0 Å². The summed E-state index contributed by atoms with van der Waals surface area (Å²) >= 11 is 0. The van der Waals surface area contributed by atoms with E-state index in [0.29, 0.717) is 24.6 Å². The lowest BCUT2D eigenvalue weighted by Crippen LogP contribution is -2.21. The fourth-order valence-corrected chi connectivity index (χ4v) is 0.962. The summed E-state index contributed by atoms with van der Waals surface area (Å²) in [5.74, 6) is 6.31. The van der Waals surface area contributed by atoms with Crippen molar-refractivity contribution in [1.82, 2.24) is 15.3 Å². The smallest absolute Gasteiger partial charge is 0.221 e. The fraction of sp³-hybridized carbons (Fsp3) is 0.375. The largest absolute Gasteiger partial charge is 0.369 e. The Kier molecular flexibility index (Phi) is 4.30. The van der Waals surface area contributed by atoms with E-state index in [-0.39, 0.29) is 5.91 Å². The molecule has 0 unspecified atom stereocenters. The highest BCUT2D eigenvalue weighted by Gasteiger charge is 1.99. The van der Waals surface area contributed by atoms with Gasteiger partial charge >= 0.3 is 0 Å². The molecule has 0 aliphatic carbocycles. The molecule has 0 radical (unpaired) electrons. The number of amides is 1. The van der Waals surface area contributed by atoms with Crippen molar-refractivity contribution in [2.75, 3.05) is 24.3 Å². The first kappa shape index (κ1) is 11.2. The van der Waals surface area contributed by atoms with Gasteiger partial charge in [-0.1, -0.05) is 0 Å². The van der Waals surface area contributed by atoms with E-state index in [4.69, 9.17) is 5.84 Å². The lowest BCUT2D eigenvalue weighted by molar-refractivity contribution is -0.120. The molecule has 7 nitrogen and oxygen atoms in total. The molecule has 15 heavy (non-hydrogen) atoms. The van der Waals surface area contributed by atoms with Crippen molar-refractivity contribution in [3.63, 3.8) is 0 Å². The number of hydrogen-bond acceptors (Lipinski definition) is 6. The van der Waals surface area contributed by atoms with Crippen molar-refractivity contribution in [3.05, 3.63) is 12.4 Å². The number of aromatic nitrogens is 2. The normalized spacial score (nSPS) is 9.47. The van der Waals surface area contributed by atoms with Crippen LogP contribution in [0.25, 0.3) is 0 Å². The van der Waals surface area contributed by atoms with E-state index in [9.17, 15) is 4.79 Å². The Morgan fingerprint density at radius 1 is 1.47 bits per heavy atom. The minimum absolute atomic E-state index is 0.0197. The van der Waals surface area contributed by atoms with E-state index < -0.39 is 0 Å². The average molecular weight is 210 g/mol. The van der Waals surface area contributed by atoms with E-state index in [2.05, 4.69) is 26.0 Å². The summed E-state index contributed by atoms with van der Waals surface area (Å²) in [4.78, 5) is 18.7. The number of anilines is 2. The van der Waals surface area contributed by atoms with Gasteiger partial charge in [-0.2, -0.15) is 0 Å². The Bertz CT molecular complexity index is 329. The summed E-state index contributed by atoms with van der Waals surface area (Å²) < 4.78 is 0. The molecule has 1 aromatic heterocycles. The lowest BCUT2D eigenvalue weighted by atomic mass is 10.4. The van der Waals surface area contributed by atoms with Gasteiger partial charge in [0.25, 0.3) is 0 Å². The number of carbonyl (C=O) groups is 1. The molecule has 1 rings (SSSR count). The molecule has 0 aromatic carbocycles. The summed E-state index contributed by atoms with van der Waals surface area (Å²) in [6.45, 7) is 0.515. The van der Waals surface area contributed by atoms with Crippen LogP contribution in [0, 0.1) is 0 Å². The molecule has 82 valence electrons. The Balaban J connectivity index is 2.40. The van der Waals surface area contributed by atoms with Gasteiger partial charge in [-0.05, 0) is 0 Å². The molecule has 1 heterocycles. The highest BCUT2D eigenvalue weighted by atomic mass is 16.1. The van der Waals surface area contributed by atoms with Crippen LogP contribution in [0.5, 0.6) is 0 Å². The predicted molar refractivity (Wildman–Crippen MR) is 57.0 cm³/mol. The third-order valence-electron chi connectivity index (χ3n) is 1.75. The van der Waals surface area contributed by atoms with Crippen LogP contribution in [0.2, 0.25) is 0 Å². The maximum absolute atomic E-state index is 10.9. The maximum atomic E-state index is 10.9. The van der Waals surface area contributed by atoms with E-state index >= 15 is 0 Å². The summed E-state index contributed by atoms with van der Waals surface area (Å²) in [6.07, 6.45) is 1.78. The van der Waals surface area contributed by atoms with E-state index in [1.807, 2.05) is 0 Å². The number of rotatable bonds is 5. The van der Waals surface area contributed by atoms with Crippen LogP contribution in [-0.2, 0) is 4.79 Å². The van der Waals surface area contributed by atoms with Gasteiger partial charge in [0.15, 0.2) is 0 Å². The van der Waals surface area contributed by atoms with Crippen molar-refractivity contribution in [2.24, 2.45) is 5.84 Å². The second kappa shape index (κ2) is 5.76. The molecule has 1 aromatic rings. The van der Waals surface area contributed by atoms with Crippen LogP contribution < -0.4 is 21.9 Å². The molecule has 0 aliphatic heterocycles. The molecular formula is C8H14N6O. The van der Waals surface area contributed by atoms with Crippen molar-refractivity contribution in [2.45, 2.75) is 6.42 Å². The second-order valence-corrected chi connectivity index (χ2v) is 2.78. The lowest BCUT2D eigenvalue weighted by Gasteiger charge is -2.05. The zero-order valence-corrected chi connectivity index (χ0v) is 8.45. The summed E-state index contributed by atoms with van der Waals surface area (Å²) in [5.41, 5.74) is 2.41. The van der Waals surface area contributed by atoms with Gasteiger partial charge in [-0.3, -0.25) is 4.79 Å². The first-order chi connectivity index (χ1) is 7.26. The van der Waals surface area contributed by atoms with Crippen molar-refractivity contribution < 1.29 is 4.79 Å².